The zero-order chi connectivity index (χ0) is 43.6. The van der Waals surface area contributed by atoms with Gasteiger partial charge in [-0.3, -0.25) is 38.8 Å². The van der Waals surface area contributed by atoms with Crippen LogP contribution in [0.4, 0.5) is 0 Å². The van der Waals surface area contributed by atoms with Crippen molar-refractivity contribution in [3.63, 3.8) is 0 Å². The van der Waals surface area contributed by atoms with Crippen molar-refractivity contribution in [3.8, 4) is 5.75 Å². The van der Waals surface area contributed by atoms with Crippen LogP contribution in [0.3, 0.4) is 0 Å². The predicted octanol–water partition coefficient (Wildman–Crippen LogP) is 2.81. The Morgan fingerprint density at radius 1 is 0.759 bits per heavy atom. The summed E-state index contributed by atoms with van der Waals surface area (Å²) in [5.41, 5.74) is 0.446. The van der Waals surface area contributed by atoms with E-state index in [9.17, 15) is 39.3 Å². The Morgan fingerprint density at radius 2 is 1.31 bits per heavy atom. The van der Waals surface area contributed by atoms with E-state index in [1.807, 2.05) is 43.0 Å². The van der Waals surface area contributed by atoms with Crippen LogP contribution in [0.15, 0.2) is 24.3 Å². The fraction of sp³-hybridized carbons (Fsp3) is 0.738. The minimum atomic E-state index is -1.03. The average molecular weight is 824 g/mol. The van der Waals surface area contributed by atoms with Gasteiger partial charge in [0, 0.05) is 65.5 Å². The first-order valence-electron chi connectivity index (χ1n) is 20.6. The maximum Gasteiger partial charge on any atom is 0.317 e. The average Bonchev–Trinajstić information content (AvgIpc) is 3.16. The molecule has 0 saturated carbocycles. The molecule has 1 aliphatic rings. The first-order chi connectivity index (χ1) is 27.5. The van der Waals surface area contributed by atoms with Crippen molar-refractivity contribution in [2.45, 2.75) is 85.6 Å². The maximum atomic E-state index is 12.7. The van der Waals surface area contributed by atoms with E-state index in [0.29, 0.717) is 65.5 Å². The minimum Gasteiger partial charge on any atom is -0.494 e. The van der Waals surface area contributed by atoms with Crippen molar-refractivity contribution in [1.29, 1.82) is 0 Å². The van der Waals surface area contributed by atoms with Crippen LogP contribution >= 0.6 is 0 Å². The molecule has 0 aliphatic carbocycles. The van der Waals surface area contributed by atoms with Gasteiger partial charge in [0.15, 0.2) is 0 Å². The smallest absolute Gasteiger partial charge is 0.317 e. The summed E-state index contributed by atoms with van der Waals surface area (Å²) in [5, 5.41) is 39.1. The van der Waals surface area contributed by atoms with Gasteiger partial charge in [-0.15, -0.1) is 0 Å². The number of carboxylic acids is 3. The molecule has 1 unspecified atom stereocenters. The van der Waals surface area contributed by atoms with Gasteiger partial charge in [-0.25, -0.2) is 0 Å². The van der Waals surface area contributed by atoms with Crippen molar-refractivity contribution in [2.75, 3.05) is 105 Å². The number of carbonyl (C=O) groups excluding carboxylic acids is 2. The molecule has 0 aromatic heterocycles. The number of nitrogens with one attached hydrogen (secondary N) is 1. The molecular weight excluding hydrogens is 750 g/mol. The van der Waals surface area contributed by atoms with Gasteiger partial charge in [0.1, 0.15) is 12.0 Å². The van der Waals surface area contributed by atoms with Gasteiger partial charge < -0.3 is 40.0 Å². The van der Waals surface area contributed by atoms with Gasteiger partial charge in [-0.05, 0) is 62.6 Å². The molecule has 1 atom stereocenters. The molecule has 1 fully saturated rings. The second-order valence-electron chi connectivity index (χ2n) is 16.4. The summed E-state index contributed by atoms with van der Waals surface area (Å²) in [5.74, 6) is -2.31. The number of benzene rings is 1. The summed E-state index contributed by atoms with van der Waals surface area (Å²) in [6.07, 6.45) is 7.08. The molecule has 1 amide bonds. The highest BCUT2D eigenvalue weighted by Crippen LogP contribution is 2.23. The Labute approximate surface area is 345 Å². The molecule has 1 aromatic carbocycles. The summed E-state index contributed by atoms with van der Waals surface area (Å²) < 4.78 is 11.9. The van der Waals surface area contributed by atoms with Gasteiger partial charge in [-0.2, -0.15) is 0 Å². The standard InChI is InChI=1S/C41H69N5O10.CH4O/c1-6-40(2,3)31-55-32-41(4,5)39(54)42-16-10-8-7-9-11-25-56-35-14-12-33(13-15-35)26-34-27-45(29-37(50)51)20-18-43(23-24-47)17-19-44(28-36(48)49)21-22-46(34)30-38(52)53;1-2/h12-15,24,34H,6-11,16-23,25-32H2,1-5H3,(H,42,54)(H,48,49)(H,50,51)(H,52,53);2H,1H3. The number of ether oxygens (including phenoxy) is 2. The first-order valence-corrected chi connectivity index (χ1v) is 20.6. The van der Waals surface area contributed by atoms with Crippen molar-refractivity contribution in [3.05, 3.63) is 29.8 Å². The normalized spacial score (nSPS) is 16.9. The van der Waals surface area contributed by atoms with E-state index in [1.54, 1.807) is 14.7 Å². The van der Waals surface area contributed by atoms with Crippen molar-refractivity contribution in [2.24, 2.45) is 10.8 Å². The highest BCUT2D eigenvalue weighted by molar-refractivity contribution is 5.81. The van der Waals surface area contributed by atoms with E-state index < -0.39 is 23.3 Å². The second kappa shape index (κ2) is 28.7. The van der Waals surface area contributed by atoms with Crippen LogP contribution < -0.4 is 10.1 Å². The van der Waals surface area contributed by atoms with Crippen LogP contribution in [0.1, 0.15) is 78.7 Å². The zero-order valence-electron chi connectivity index (χ0n) is 36.0. The fourth-order valence-corrected chi connectivity index (χ4v) is 6.43. The van der Waals surface area contributed by atoms with Crippen molar-refractivity contribution < 1.29 is 53.9 Å². The van der Waals surface area contributed by atoms with Crippen LogP contribution in [0, 0.1) is 10.8 Å². The van der Waals surface area contributed by atoms with Crippen molar-refractivity contribution in [1.82, 2.24) is 24.9 Å². The van der Waals surface area contributed by atoms with Crippen LogP contribution in [-0.2, 0) is 35.1 Å². The number of amides is 1. The van der Waals surface area contributed by atoms with Crippen LogP contribution in [-0.4, -0.2) is 182 Å². The van der Waals surface area contributed by atoms with E-state index >= 15 is 0 Å². The third kappa shape index (κ3) is 23.1. The molecule has 5 N–H and O–H groups in total. The third-order valence-electron chi connectivity index (χ3n) is 10.3. The monoisotopic (exact) mass is 824 g/mol. The van der Waals surface area contributed by atoms with E-state index in [2.05, 4.69) is 26.1 Å². The number of aliphatic carboxylic acids is 3. The molecule has 16 nitrogen and oxygen atoms in total. The van der Waals surface area contributed by atoms with E-state index in [1.165, 1.54) is 0 Å². The quantitative estimate of drug-likeness (QED) is 0.0710. The Balaban J connectivity index is 0.00000827. The SMILES string of the molecule is CCC(C)(C)COCC(C)(C)C(=O)NCCCCCCCOc1ccc(CC2CN(CC(=O)O)CCN(CC=O)CCN(CC(=O)O)CCN2CC(=O)O)cc1.CO. The summed E-state index contributed by atoms with van der Waals surface area (Å²) >= 11 is 0. The lowest BCUT2D eigenvalue weighted by Crippen LogP contribution is -2.53. The van der Waals surface area contributed by atoms with Gasteiger partial charge in [-0.1, -0.05) is 52.2 Å². The van der Waals surface area contributed by atoms with E-state index in [0.717, 1.165) is 63.2 Å². The van der Waals surface area contributed by atoms with Crippen LogP contribution in [0.2, 0.25) is 0 Å². The minimum absolute atomic E-state index is 0.0121. The number of aldehydes is 1. The molecule has 1 aliphatic heterocycles. The Kier molecular flexibility index (Phi) is 25.9. The van der Waals surface area contributed by atoms with Gasteiger partial charge in [0.05, 0.1) is 51.4 Å². The number of carboxylic acid groups (broad SMARTS) is 3. The van der Waals surface area contributed by atoms with E-state index in [-0.39, 0.29) is 56.6 Å². The highest BCUT2D eigenvalue weighted by Gasteiger charge is 2.29. The number of nitrogens with zero attached hydrogens (tertiary/aromatic N) is 4. The molecular formula is C42H73N5O11. The fourth-order valence-electron chi connectivity index (χ4n) is 6.43. The Hall–Kier alpha value is -3.67. The van der Waals surface area contributed by atoms with Crippen LogP contribution in [0.5, 0.6) is 5.75 Å². The highest BCUT2D eigenvalue weighted by atomic mass is 16.5. The lowest BCUT2D eigenvalue weighted by molar-refractivity contribution is -0.141. The number of hydrogen-bond acceptors (Lipinski definition) is 12. The summed E-state index contributed by atoms with van der Waals surface area (Å²) in [6.45, 7) is 14.2. The summed E-state index contributed by atoms with van der Waals surface area (Å²) in [7, 11) is 1.00. The largest absolute Gasteiger partial charge is 0.494 e. The molecule has 58 heavy (non-hydrogen) atoms. The summed E-state index contributed by atoms with van der Waals surface area (Å²) in [4.78, 5) is 66.7. The number of carbonyl (C=O) groups is 5. The number of unbranched alkanes of at least 4 members (excludes halogenated alkanes) is 4. The van der Waals surface area contributed by atoms with E-state index in [4.69, 9.17) is 14.6 Å². The number of rotatable bonds is 25. The summed E-state index contributed by atoms with van der Waals surface area (Å²) in [6, 6.07) is 7.24. The Morgan fingerprint density at radius 3 is 1.91 bits per heavy atom. The molecule has 1 heterocycles. The maximum absolute atomic E-state index is 12.7. The molecule has 1 aromatic rings. The first kappa shape index (κ1) is 52.3. The molecule has 332 valence electrons. The number of aliphatic hydroxyl groups is 1. The predicted molar refractivity (Wildman–Crippen MR) is 222 cm³/mol. The lowest BCUT2D eigenvalue weighted by Gasteiger charge is -2.37. The van der Waals surface area contributed by atoms with Crippen molar-refractivity contribution >= 4 is 30.1 Å². The van der Waals surface area contributed by atoms with Gasteiger partial charge >= 0.3 is 17.9 Å². The molecule has 1 saturated heterocycles. The third-order valence-corrected chi connectivity index (χ3v) is 10.3. The van der Waals surface area contributed by atoms with Gasteiger partial charge in [0.2, 0.25) is 5.91 Å². The van der Waals surface area contributed by atoms with Crippen LogP contribution in [0.25, 0.3) is 0 Å². The topological polar surface area (TPSA) is 210 Å². The molecule has 0 spiro atoms. The van der Waals surface area contributed by atoms with Gasteiger partial charge in [0.25, 0.3) is 0 Å². The molecule has 0 radical (unpaired) electrons. The molecule has 0 bridgehead atoms. The zero-order valence-corrected chi connectivity index (χ0v) is 36.0. The molecule has 16 heteroatoms. The molecule has 2 rings (SSSR count). The number of hydrogen-bond donors (Lipinski definition) is 5. The Bertz CT molecular complexity index is 1350. The lowest BCUT2D eigenvalue weighted by atomic mass is 9.90. The second-order valence-corrected chi connectivity index (χ2v) is 16.4. The number of aliphatic hydroxyl groups excluding tert-OH is 1.